The van der Waals surface area contributed by atoms with E-state index in [2.05, 4.69) is 17.4 Å². The highest BCUT2D eigenvalue weighted by Crippen LogP contribution is 2.61. The first-order valence-electron chi connectivity index (χ1n) is 7.78. The number of nitrogens with one attached hydrogen (secondary N) is 1. The minimum absolute atomic E-state index is 0.0172. The molecule has 0 fully saturated rings. The quantitative estimate of drug-likeness (QED) is 0.720. The minimum atomic E-state index is -0.451. The number of benzene rings is 2. The summed E-state index contributed by atoms with van der Waals surface area (Å²) in [6.45, 7) is 2.17. The van der Waals surface area contributed by atoms with Gasteiger partial charge in [0.2, 0.25) is 0 Å². The number of halogens is 2. The number of fused-ring (bicyclic) bond motifs is 5. The first-order valence-corrected chi connectivity index (χ1v) is 9.41. The lowest BCUT2D eigenvalue weighted by Gasteiger charge is -2.36. The van der Waals surface area contributed by atoms with Crippen molar-refractivity contribution >= 4 is 46.6 Å². The summed E-state index contributed by atoms with van der Waals surface area (Å²) in [6.07, 6.45) is 0. The molecule has 0 spiro atoms. The van der Waals surface area contributed by atoms with Crippen LogP contribution in [0.2, 0.25) is 10.0 Å². The van der Waals surface area contributed by atoms with E-state index < -0.39 is 6.04 Å². The van der Waals surface area contributed by atoms with Crippen LogP contribution in [-0.4, -0.2) is 18.6 Å². The second-order valence-electron chi connectivity index (χ2n) is 5.82. The number of hydrogen-bond acceptors (Lipinski definition) is 4. The van der Waals surface area contributed by atoms with Gasteiger partial charge in [-0.05, 0) is 30.7 Å². The zero-order valence-corrected chi connectivity index (χ0v) is 15.2. The Kier molecular flexibility index (Phi) is 4.15. The monoisotopic (exact) mass is 379 g/mol. The van der Waals surface area contributed by atoms with Gasteiger partial charge in [0, 0.05) is 37.4 Å². The van der Waals surface area contributed by atoms with Crippen molar-refractivity contribution in [3.05, 3.63) is 57.6 Å². The van der Waals surface area contributed by atoms with Crippen LogP contribution in [0.25, 0.3) is 0 Å². The van der Waals surface area contributed by atoms with Crippen molar-refractivity contribution in [1.82, 2.24) is 0 Å². The van der Waals surface area contributed by atoms with Crippen LogP contribution in [0.5, 0.6) is 0 Å². The molecule has 0 amide bonds. The fourth-order valence-corrected chi connectivity index (χ4v) is 5.79. The number of rotatable bonds is 2. The topological polar surface area (TPSA) is 38.3 Å². The molecule has 2 aliphatic rings. The van der Waals surface area contributed by atoms with Crippen molar-refractivity contribution in [1.29, 1.82) is 0 Å². The second-order valence-corrected chi connectivity index (χ2v) is 7.85. The number of anilines is 1. The second kappa shape index (κ2) is 6.17. The third-order valence-corrected chi connectivity index (χ3v) is 6.39. The molecule has 1 N–H and O–H groups in total. The van der Waals surface area contributed by atoms with Gasteiger partial charge in [-0.3, -0.25) is 0 Å². The van der Waals surface area contributed by atoms with Gasteiger partial charge in [-0.1, -0.05) is 41.4 Å². The highest BCUT2D eigenvalue weighted by molar-refractivity contribution is 8.00. The predicted octanol–water partition coefficient (Wildman–Crippen LogP) is 5.28. The Balaban J connectivity index is 1.87. The van der Waals surface area contributed by atoms with Crippen LogP contribution in [0, 0.1) is 0 Å². The summed E-state index contributed by atoms with van der Waals surface area (Å²) in [6, 6.07) is 11.3. The lowest BCUT2D eigenvalue weighted by atomic mass is 9.82. The SMILES string of the molecule is CCOC(=O)C1Nc2cc(Cl)cc(Cl)c2C2Sc3ccccc3C12. The van der Waals surface area contributed by atoms with Crippen molar-refractivity contribution < 1.29 is 9.53 Å². The van der Waals surface area contributed by atoms with Gasteiger partial charge in [-0.2, -0.15) is 0 Å². The Bertz CT molecular complexity index is 827. The molecule has 3 atom stereocenters. The predicted molar refractivity (Wildman–Crippen MR) is 98.3 cm³/mol. The van der Waals surface area contributed by atoms with Crippen LogP contribution in [-0.2, 0) is 9.53 Å². The first kappa shape index (κ1) is 16.1. The van der Waals surface area contributed by atoms with E-state index in [1.165, 1.54) is 4.90 Å². The summed E-state index contributed by atoms with van der Waals surface area (Å²) in [5.41, 5.74) is 2.98. The summed E-state index contributed by atoms with van der Waals surface area (Å²) in [4.78, 5) is 13.8. The lowest BCUT2D eigenvalue weighted by molar-refractivity contribution is -0.144. The molecule has 0 saturated carbocycles. The maximum Gasteiger partial charge on any atom is 0.329 e. The van der Waals surface area contributed by atoms with E-state index in [4.69, 9.17) is 27.9 Å². The Morgan fingerprint density at radius 3 is 2.88 bits per heavy atom. The minimum Gasteiger partial charge on any atom is -0.464 e. The Labute approximate surface area is 154 Å². The molecule has 0 saturated heterocycles. The average Bonchev–Trinajstić information content (AvgIpc) is 2.92. The maximum absolute atomic E-state index is 12.6. The van der Waals surface area contributed by atoms with Gasteiger partial charge in [0.25, 0.3) is 0 Å². The first-order chi connectivity index (χ1) is 11.6. The van der Waals surface area contributed by atoms with E-state index in [-0.39, 0.29) is 17.1 Å². The molecule has 2 heterocycles. The molecule has 124 valence electrons. The largest absolute Gasteiger partial charge is 0.464 e. The number of ether oxygens (including phenoxy) is 1. The van der Waals surface area contributed by atoms with Crippen molar-refractivity contribution in [3.63, 3.8) is 0 Å². The van der Waals surface area contributed by atoms with Crippen LogP contribution in [0.3, 0.4) is 0 Å². The number of thioether (sulfide) groups is 1. The Morgan fingerprint density at radius 1 is 1.29 bits per heavy atom. The molecule has 0 bridgehead atoms. The van der Waals surface area contributed by atoms with E-state index in [1.54, 1.807) is 17.8 Å². The van der Waals surface area contributed by atoms with Crippen LogP contribution in [0.1, 0.15) is 29.2 Å². The molecular weight excluding hydrogens is 365 g/mol. The maximum atomic E-state index is 12.6. The van der Waals surface area contributed by atoms with Crippen molar-refractivity contribution in [2.45, 2.75) is 29.0 Å². The fraction of sp³-hybridized carbons (Fsp3) is 0.278. The highest BCUT2D eigenvalue weighted by atomic mass is 35.5. The van der Waals surface area contributed by atoms with Crippen LogP contribution >= 0.6 is 35.0 Å². The molecule has 2 aromatic rings. The summed E-state index contributed by atoms with van der Waals surface area (Å²) < 4.78 is 5.30. The van der Waals surface area contributed by atoms with Crippen LogP contribution in [0.15, 0.2) is 41.3 Å². The summed E-state index contributed by atoms with van der Waals surface area (Å²) in [7, 11) is 0. The third-order valence-electron chi connectivity index (χ3n) is 4.45. The number of carbonyl (C=O) groups is 1. The van der Waals surface area contributed by atoms with Gasteiger partial charge in [0.15, 0.2) is 0 Å². The lowest BCUT2D eigenvalue weighted by Crippen LogP contribution is -2.41. The van der Waals surface area contributed by atoms with E-state index >= 15 is 0 Å². The average molecular weight is 380 g/mol. The molecule has 6 heteroatoms. The smallest absolute Gasteiger partial charge is 0.329 e. The number of hydrogen-bond donors (Lipinski definition) is 1. The van der Waals surface area contributed by atoms with Crippen molar-refractivity contribution in [2.75, 3.05) is 11.9 Å². The van der Waals surface area contributed by atoms with Gasteiger partial charge >= 0.3 is 5.97 Å². The molecule has 3 nitrogen and oxygen atoms in total. The van der Waals surface area contributed by atoms with E-state index in [0.29, 0.717) is 16.7 Å². The molecule has 2 aliphatic heterocycles. The molecular formula is C18H15Cl2NO2S. The molecule has 0 radical (unpaired) electrons. The summed E-state index contributed by atoms with van der Waals surface area (Å²) in [5.74, 6) is -0.261. The Morgan fingerprint density at radius 2 is 2.08 bits per heavy atom. The molecule has 2 aromatic carbocycles. The highest BCUT2D eigenvalue weighted by Gasteiger charge is 2.47. The van der Waals surface area contributed by atoms with Gasteiger partial charge in [-0.15, -0.1) is 11.8 Å². The zero-order chi connectivity index (χ0) is 16.8. The fourth-order valence-electron chi connectivity index (χ4n) is 3.52. The van der Waals surface area contributed by atoms with E-state index in [9.17, 15) is 4.79 Å². The van der Waals surface area contributed by atoms with Gasteiger partial charge < -0.3 is 10.1 Å². The molecule has 0 aromatic heterocycles. The van der Waals surface area contributed by atoms with Crippen LogP contribution in [0.4, 0.5) is 5.69 Å². The normalized spacial score (nSPS) is 23.7. The van der Waals surface area contributed by atoms with Gasteiger partial charge in [0.05, 0.1) is 6.61 Å². The Hall–Kier alpha value is -1.36. The molecule has 3 unspecified atom stereocenters. The van der Waals surface area contributed by atoms with E-state index in [1.807, 2.05) is 25.1 Å². The number of carbonyl (C=O) groups excluding carboxylic acids is 1. The number of esters is 1. The molecule has 0 aliphatic carbocycles. The van der Waals surface area contributed by atoms with Crippen LogP contribution < -0.4 is 5.32 Å². The van der Waals surface area contributed by atoms with Crippen molar-refractivity contribution in [3.8, 4) is 0 Å². The van der Waals surface area contributed by atoms with Gasteiger partial charge in [-0.25, -0.2) is 4.79 Å². The van der Waals surface area contributed by atoms with E-state index in [0.717, 1.165) is 16.8 Å². The van der Waals surface area contributed by atoms with Gasteiger partial charge in [0.1, 0.15) is 6.04 Å². The summed E-state index contributed by atoms with van der Waals surface area (Å²) in [5, 5.41) is 4.56. The molecule has 4 rings (SSSR count). The van der Waals surface area contributed by atoms with Crippen molar-refractivity contribution in [2.24, 2.45) is 0 Å². The third kappa shape index (κ3) is 2.48. The standard InChI is InChI=1S/C18H15Cl2NO2S/c1-2-23-18(22)16-14-10-5-3-4-6-13(10)24-17(14)15-11(20)7-9(19)8-12(15)21-16/h3-8,14,16-17,21H,2H2,1H3. The molecule has 24 heavy (non-hydrogen) atoms. The summed E-state index contributed by atoms with van der Waals surface area (Å²) >= 11 is 14.4. The zero-order valence-electron chi connectivity index (χ0n) is 12.9.